The van der Waals surface area contributed by atoms with Crippen molar-refractivity contribution < 1.29 is 9.53 Å². The maximum Gasteiger partial charge on any atom is 0.302 e. The van der Waals surface area contributed by atoms with E-state index in [1.165, 1.54) is 12.5 Å². The van der Waals surface area contributed by atoms with Crippen molar-refractivity contribution in [3.05, 3.63) is 35.9 Å². The highest BCUT2D eigenvalue weighted by atomic mass is 16.5. The van der Waals surface area contributed by atoms with Crippen molar-refractivity contribution in [1.82, 2.24) is 0 Å². The third-order valence-corrected chi connectivity index (χ3v) is 2.58. The minimum Gasteiger partial charge on any atom is -0.466 e. The van der Waals surface area contributed by atoms with Gasteiger partial charge in [0.1, 0.15) is 0 Å². The molecule has 0 bridgehead atoms. The van der Waals surface area contributed by atoms with Gasteiger partial charge in [0.25, 0.3) is 0 Å². The van der Waals surface area contributed by atoms with E-state index in [-0.39, 0.29) is 5.97 Å². The first-order chi connectivity index (χ1) is 7.68. The molecule has 0 aromatic heterocycles. The highest BCUT2D eigenvalue weighted by molar-refractivity contribution is 5.65. The quantitative estimate of drug-likeness (QED) is 0.688. The number of aryl methyl sites for hydroxylation is 1. The van der Waals surface area contributed by atoms with Crippen LogP contribution in [0.5, 0.6) is 0 Å². The smallest absolute Gasteiger partial charge is 0.302 e. The Hall–Kier alpha value is -1.31. The molecule has 0 radical (unpaired) electrons. The van der Waals surface area contributed by atoms with Crippen LogP contribution in [0.4, 0.5) is 0 Å². The van der Waals surface area contributed by atoms with Gasteiger partial charge in [-0.3, -0.25) is 4.79 Å². The number of hydrogen-bond acceptors (Lipinski definition) is 2. The lowest BCUT2D eigenvalue weighted by atomic mass is 10.0. The largest absolute Gasteiger partial charge is 0.466 e. The van der Waals surface area contributed by atoms with Gasteiger partial charge in [-0.05, 0) is 30.7 Å². The van der Waals surface area contributed by atoms with E-state index in [0.29, 0.717) is 12.5 Å². The molecule has 0 heterocycles. The molecule has 16 heavy (non-hydrogen) atoms. The van der Waals surface area contributed by atoms with E-state index >= 15 is 0 Å². The third kappa shape index (κ3) is 5.54. The zero-order valence-electron chi connectivity index (χ0n) is 10.1. The fourth-order valence-corrected chi connectivity index (χ4v) is 1.64. The van der Waals surface area contributed by atoms with Crippen molar-refractivity contribution in [2.45, 2.75) is 33.1 Å². The molecule has 1 rings (SSSR count). The van der Waals surface area contributed by atoms with Crippen molar-refractivity contribution in [1.29, 1.82) is 0 Å². The standard InChI is InChI=1S/C14H20O2/c1-12(11-16-13(2)15)7-6-10-14-8-4-3-5-9-14/h3-5,8-9,12H,6-7,10-11H2,1-2H3. The van der Waals surface area contributed by atoms with Crippen LogP contribution in [0.25, 0.3) is 0 Å². The lowest BCUT2D eigenvalue weighted by Crippen LogP contribution is -2.09. The molecule has 2 nitrogen and oxygen atoms in total. The molecule has 1 atom stereocenters. The summed E-state index contributed by atoms with van der Waals surface area (Å²) in [5.74, 6) is 0.266. The monoisotopic (exact) mass is 220 g/mol. The van der Waals surface area contributed by atoms with Crippen LogP contribution in [-0.4, -0.2) is 12.6 Å². The van der Waals surface area contributed by atoms with E-state index in [9.17, 15) is 4.79 Å². The van der Waals surface area contributed by atoms with Gasteiger partial charge in [-0.25, -0.2) is 0 Å². The van der Waals surface area contributed by atoms with Crippen molar-refractivity contribution in [2.24, 2.45) is 5.92 Å². The lowest BCUT2D eigenvalue weighted by molar-refractivity contribution is -0.142. The van der Waals surface area contributed by atoms with Gasteiger partial charge in [-0.1, -0.05) is 37.3 Å². The Morgan fingerprint density at radius 3 is 2.62 bits per heavy atom. The second-order valence-corrected chi connectivity index (χ2v) is 4.29. The molecular formula is C14H20O2. The fraction of sp³-hybridized carbons (Fsp3) is 0.500. The van der Waals surface area contributed by atoms with Crippen LogP contribution in [0.3, 0.4) is 0 Å². The predicted octanol–water partition coefficient (Wildman–Crippen LogP) is 3.21. The summed E-state index contributed by atoms with van der Waals surface area (Å²) in [6.45, 7) is 4.12. The number of benzene rings is 1. The van der Waals surface area contributed by atoms with E-state index in [4.69, 9.17) is 4.74 Å². The number of rotatable bonds is 6. The summed E-state index contributed by atoms with van der Waals surface area (Å²) in [6.07, 6.45) is 3.35. The van der Waals surface area contributed by atoms with Crippen LogP contribution in [0.15, 0.2) is 30.3 Å². The topological polar surface area (TPSA) is 26.3 Å². The molecule has 0 spiro atoms. The summed E-state index contributed by atoms with van der Waals surface area (Å²) in [6, 6.07) is 10.5. The Morgan fingerprint density at radius 2 is 2.00 bits per heavy atom. The fourth-order valence-electron chi connectivity index (χ4n) is 1.64. The highest BCUT2D eigenvalue weighted by Gasteiger charge is 2.04. The van der Waals surface area contributed by atoms with E-state index in [1.807, 2.05) is 6.07 Å². The highest BCUT2D eigenvalue weighted by Crippen LogP contribution is 2.10. The zero-order chi connectivity index (χ0) is 11.8. The molecular weight excluding hydrogens is 200 g/mol. The van der Waals surface area contributed by atoms with Crippen molar-refractivity contribution in [2.75, 3.05) is 6.61 Å². The van der Waals surface area contributed by atoms with Gasteiger partial charge in [0, 0.05) is 6.92 Å². The van der Waals surface area contributed by atoms with E-state index in [2.05, 4.69) is 31.2 Å². The Kier molecular flexibility index (Phi) is 5.62. The Bertz CT molecular complexity index is 306. The number of hydrogen-bond donors (Lipinski definition) is 0. The van der Waals surface area contributed by atoms with Crippen molar-refractivity contribution >= 4 is 5.97 Å². The number of carbonyl (C=O) groups is 1. The Morgan fingerprint density at radius 1 is 1.31 bits per heavy atom. The minimum absolute atomic E-state index is 0.185. The van der Waals surface area contributed by atoms with Gasteiger partial charge in [-0.2, -0.15) is 0 Å². The van der Waals surface area contributed by atoms with Gasteiger partial charge in [-0.15, -0.1) is 0 Å². The summed E-state index contributed by atoms with van der Waals surface area (Å²) in [7, 11) is 0. The molecule has 1 unspecified atom stereocenters. The average Bonchev–Trinajstić information content (AvgIpc) is 2.28. The maximum absolute atomic E-state index is 10.6. The van der Waals surface area contributed by atoms with Crippen LogP contribution in [0.1, 0.15) is 32.3 Å². The second-order valence-electron chi connectivity index (χ2n) is 4.29. The summed E-state index contributed by atoms with van der Waals surface area (Å²) >= 11 is 0. The van der Waals surface area contributed by atoms with Gasteiger partial charge in [0.2, 0.25) is 0 Å². The van der Waals surface area contributed by atoms with E-state index < -0.39 is 0 Å². The molecule has 88 valence electrons. The summed E-state index contributed by atoms with van der Waals surface area (Å²) < 4.78 is 4.97. The number of esters is 1. The second kappa shape index (κ2) is 7.04. The molecule has 0 aliphatic carbocycles. The molecule has 2 heteroatoms. The predicted molar refractivity (Wildman–Crippen MR) is 65.2 cm³/mol. The Balaban J connectivity index is 2.13. The molecule has 0 aliphatic rings. The summed E-state index contributed by atoms with van der Waals surface area (Å²) in [5.41, 5.74) is 1.38. The van der Waals surface area contributed by atoms with Crippen LogP contribution < -0.4 is 0 Å². The number of ether oxygens (including phenoxy) is 1. The molecule has 0 N–H and O–H groups in total. The zero-order valence-corrected chi connectivity index (χ0v) is 10.1. The number of carbonyl (C=O) groups excluding carboxylic acids is 1. The average molecular weight is 220 g/mol. The molecule has 0 saturated carbocycles. The van der Waals surface area contributed by atoms with Crippen molar-refractivity contribution in [3.8, 4) is 0 Å². The first-order valence-electron chi connectivity index (χ1n) is 5.86. The van der Waals surface area contributed by atoms with Crippen LogP contribution in [0.2, 0.25) is 0 Å². The molecule has 0 amide bonds. The molecule has 0 aliphatic heterocycles. The van der Waals surface area contributed by atoms with Gasteiger partial charge in [0.05, 0.1) is 6.61 Å². The molecule has 0 saturated heterocycles. The normalized spacial score (nSPS) is 12.1. The van der Waals surface area contributed by atoms with Crippen molar-refractivity contribution in [3.63, 3.8) is 0 Å². The maximum atomic E-state index is 10.6. The third-order valence-electron chi connectivity index (χ3n) is 2.58. The van der Waals surface area contributed by atoms with E-state index in [1.54, 1.807) is 0 Å². The van der Waals surface area contributed by atoms with Crippen LogP contribution >= 0.6 is 0 Å². The van der Waals surface area contributed by atoms with Gasteiger partial charge >= 0.3 is 5.97 Å². The van der Waals surface area contributed by atoms with Gasteiger partial charge < -0.3 is 4.74 Å². The van der Waals surface area contributed by atoms with Crippen LogP contribution in [-0.2, 0) is 16.0 Å². The summed E-state index contributed by atoms with van der Waals surface area (Å²) in [4.78, 5) is 10.6. The van der Waals surface area contributed by atoms with Gasteiger partial charge in [0.15, 0.2) is 0 Å². The SMILES string of the molecule is CC(=O)OCC(C)CCCc1ccccc1. The molecule has 1 aromatic carbocycles. The van der Waals surface area contributed by atoms with E-state index in [0.717, 1.165) is 19.3 Å². The van der Waals surface area contributed by atoms with Crippen LogP contribution in [0, 0.1) is 5.92 Å². The minimum atomic E-state index is -0.185. The Labute approximate surface area is 97.6 Å². The first-order valence-corrected chi connectivity index (χ1v) is 5.86. The first kappa shape index (κ1) is 12.8. The lowest BCUT2D eigenvalue weighted by Gasteiger charge is -2.10. The molecule has 0 fully saturated rings. The summed E-state index contributed by atoms with van der Waals surface area (Å²) in [5, 5.41) is 0. The molecule has 1 aromatic rings.